The van der Waals surface area contributed by atoms with E-state index in [1.165, 1.54) is 14.6 Å². The molecule has 2 aromatic rings. The molecule has 16 heavy (non-hydrogen) atoms. The zero-order valence-electron chi connectivity index (χ0n) is 9.69. The van der Waals surface area contributed by atoms with Crippen LogP contribution in [-0.4, -0.2) is 7.05 Å². The molecule has 0 aliphatic carbocycles. The molecule has 0 aromatic carbocycles. The van der Waals surface area contributed by atoms with E-state index in [-0.39, 0.29) is 0 Å². The predicted octanol–water partition coefficient (Wildman–Crippen LogP) is 3.88. The van der Waals surface area contributed by atoms with Crippen molar-refractivity contribution in [3.8, 4) is 0 Å². The van der Waals surface area contributed by atoms with Crippen LogP contribution in [0.5, 0.6) is 0 Å². The predicted molar refractivity (Wildman–Crippen MR) is 73.5 cm³/mol. The van der Waals surface area contributed by atoms with E-state index in [4.69, 9.17) is 0 Å². The molecule has 2 heterocycles. The average molecular weight is 251 g/mol. The number of nitrogens with one attached hydrogen (secondary N) is 1. The van der Waals surface area contributed by atoms with Crippen LogP contribution in [0.4, 0.5) is 0 Å². The van der Waals surface area contributed by atoms with Crippen LogP contribution in [0, 0.1) is 0 Å². The van der Waals surface area contributed by atoms with Gasteiger partial charge >= 0.3 is 0 Å². The molecule has 0 amide bonds. The Bertz CT molecular complexity index is 417. The smallest absolute Gasteiger partial charge is 0.0461 e. The summed E-state index contributed by atoms with van der Waals surface area (Å²) < 4.78 is 0. The molecule has 0 aliphatic rings. The standard InChI is InChI=1S/C13H17NS2/c1-3-10-6-7-13(16-10)12(14-2)9-11-5-4-8-15-11/h4-8,12,14H,3,9H2,1-2H3. The molecule has 1 nitrogen and oxygen atoms in total. The van der Waals surface area contributed by atoms with Crippen LogP contribution in [0.15, 0.2) is 29.6 Å². The van der Waals surface area contributed by atoms with Crippen molar-refractivity contribution < 1.29 is 0 Å². The summed E-state index contributed by atoms with van der Waals surface area (Å²) in [6.07, 6.45) is 2.23. The van der Waals surface area contributed by atoms with E-state index in [1.54, 1.807) is 0 Å². The lowest BCUT2D eigenvalue weighted by atomic mass is 10.1. The van der Waals surface area contributed by atoms with Crippen molar-refractivity contribution in [1.82, 2.24) is 5.32 Å². The van der Waals surface area contributed by atoms with Crippen molar-refractivity contribution in [2.45, 2.75) is 25.8 Å². The number of hydrogen-bond acceptors (Lipinski definition) is 3. The van der Waals surface area contributed by atoms with Crippen LogP contribution in [0.3, 0.4) is 0 Å². The Balaban J connectivity index is 2.10. The van der Waals surface area contributed by atoms with Crippen LogP contribution in [0.1, 0.15) is 27.6 Å². The van der Waals surface area contributed by atoms with Crippen LogP contribution in [0.2, 0.25) is 0 Å². The van der Waals surface area contributed by atoms with Crippen molar-refractivity contribution in [3.63, 3.8) is 0 Å². The molecule has 86 valence electrons. The molecule has 1 atom stereocenters. The third-order valence-electron chi connectivity index (χ3n) is 2.71. The SMILES string of the molecule is CCc1ccc(C(Cc2cccs2)NC)s1. The molecule has 1 unspecified atom stereocenters. The molecule has 0 bridgehead atoms. The number of thiophene rings is 2. The summed E-state index contributed by atoms with van der Waals surface area (Å²) in [5, 5.41) is 5.56. The first-order chi connectivity index (χ1) is 7.83. The number of likely N-dealkylation sites (N-methyl/N-ethyl adjacent to an activating group) is 1. The Morgan fingerprint density at radius 2 is 2.12 bits per heavy atom. The van der Waals surface area contributed by atoms with Gasteiger partial charge in [0.05, 0.1) is 0 Å². The van der Waals surface area contributed by atoms with Crippen molar-refractivity contribution in [1.29, 1.82) is 0 Å². The lowest BCUT2D eigenvalue weighted by Gasteiger charge is -2.13. The Hall–Kier alpha value is -0.640. The average Bonchev–Trinajstić information content (AvgIpc) is 2.96. The van der Waals surface area contributed by atoms with Crippen LogP contribution in [-0.2, 0) is 12.8 Å². The third-order valence-corrected chi connectivity index (χ3v) is 4.95. The fourth-order valence-electron chi connectivity index (χ4n) is 1.75. The monoisotopic (exact) mass is 251 g/mol. The van der Waals surface area contributed by atoms with Gasteiger partial charge in [0, 0.05) is 27.1 Å². The lowest BCUT2D eigenvalue weighted by molar-refractivity contribution is 0.607. The maximum Gasteiger partial charge on any atom is 0.0461 e. The number of aryl methyl sites for hydroxylation is 1. The third kappa shape index (κ3) is 2.73. The van der Waals surface area contributed by atoms with E-state index in [9.17, 15) is 0 Å². The zero-order valence-corrected chi connectivity index (χ0v) is 11.3. The number of hydrogen-bond donors (Lipinski definition) is 1. The Morgan fingerprint density at radius 1 is 1.25 bits per heavy atom. The summed E-state index contributed by atoms with van der Waals surface area (Å²) in [6.45, 7) is 2.21. The minimum Gasteiger partial charge on any atom is -0.312 e. The minimum absolute atomic E-state index is 0.462. The van der Waals surface area contributed by atoms with Gasteiger partial charge in [0.1, 0.15) is 0 Å². The highest BCUT2D eigenvalue weighted by Gasteiger charge is 2.12. The van der Waals surface area contributed by atoms with Gasteiger partial charge in [-0.3, -0.25) is 0 Å². The molecule has 1 N–H and O–H groups in total. The van der Waals surface area contributed by atoms with Gasteiger partial charge in [-0.25, -0.2) is 0 Å². The summed E-state index contributed by atoms with van der Waals surface area (Å²) in [7, 11) is 2.05. The molecule has 3 heteroatoms. The van der Waals surface area contributed by atoms with Crippen molar-refractivity contribution in [3.05, 3.63) is 44.3 Å². The Kier molecular flexibility index (Phi) is 4.16. The van der Waals surface area contributed by atoms with Gasteiger partial charge in [0.15, 0.2) is 0 Å². The first-order valence-electron chi connectivity index (χ1n) is 5.61. The van der Waals surface area contributed by atoms with Crippen LogP contribution < -0.4 is 5.32 Å². The molecule has 0 saturated carbocycles. The molecule has 0 fully saturated rings. The van der Waals surface area contributed by atoms with E-state index < -0.39 is 0 Å². The molecule has 2 aromatic heterocycles. The summed E-state index contributed by atoms with van der Waals surface area (Å²) in [5.74, 6) is 0. The second-order valence-corrected chi connectivity index (χ2v) is 6.01. The van der Waals surface area contributed by atoms with E-state index >= 15 is 0 Å². The highest BCUT2D eigenvalue weighted by atomic mass is 32.1. The summed E-state index contributed by atoms with van der Waals surface area (Å²) in [4.78, 5) is 4.37. The second kappa shape index (κ2) is 5.62. The highest BCUT2D eigenvalue weighted by molar-refractivity contribution is 7.12. The molecule has 0 aliphatic heterocycles. The van der Waals surface area contributed by atoms with Gasteiger partial charge in [-0.15, -0.1) is 22.7 Å². The van der Waals surface area contributed by atoms with Crippen LogP contribution >= 0.6 is 22.7 Å². The molecule has 0 saturated heterocycles. The number of rotatable bonds is 5. The maximum absolute atomic E-state index is 3.41. The van der Waals surface area contributed by atoms with E-state index in [0.29, 0.717) is 6.04 Å². The zero-order chi connectivity index (χ0) is 11.4. The summed E-state index contributed by atoms with van der Waals surface area (Å²) >= 11 is 3.77. The Labute approximate surface area is 105 Å². The molecular formula is C13H17NS2. The van der Waals surface area contributed by atoms with E-state index in [0.717, 1.165) is 12.8 Å². The largest absolute Gasteiger partial charge is 0.312 e. The van der Waals surface area contributed by atoms with Gasteiger partial charge in [0.2, 0.25) is 0 Å². The van der Waals surface area contributed by atoms with Crippen molar-refractivity contribution in [2.75, 3.05) is 7.05 Å². The fraction of sp³-hybridized carbons (Fsp3) is 0.385. The fourth-order valence-corrected chi connectivity index (χ4v) is 3.56. The van der Waals surface area contributed by atoms with Gasteiger partial charge in [-0.1, -0.05) is 13.0 Å². The quantitative estimate of drug-likeness (QED) is 0.850. The van der Waals surface area contributed by atoms with Gasteiger partial charge in [0.25, 0.3) is 0 Å². The molecule has 0 radical (unpaired) electrons. The Morgan fingerprint density at radius 3 is 2.69 bits per heavy atom. The van der Waals surface area contributed by atoms with Crippen LogP contribution in [0.25, 0.3) is 0 Å². The normalized spacial score (nSPS) is 12.9. The molecular weight excluding hydrogens is 234 g/mol. The topological polar surface area (TPSA) is 12.0 Å². The lowest BCUT2D eigenvalue weighted by Crippen LogP contribution is -2.17. The van der Waals surface area contributed by atoms with Gasteiger partial charge in [-0.05, 0) is 37.0 Å². The van der Waals surface area contributed by atoms with Gasteiger partial charge < -0.3 is 5.32 Å². The highest BCUT2D eigenvalue weighted by Crippen LogP contribution is 2.27. The van der Waals surface area contributed by atoms with E-state index in [1.807, 2.05) is 29.7 Å². The van der Waals surface area contributed by atoms with E-state index in [2.05, 4.69) is 41.9 Å². The van der Waals surface area contributed by atoms with Crippen molar-refractivity contribution >= 4 is 22.7 Å². The minimum atomic E-state index is 0.462. The summed E-state index contributed by atoms with van der Waals surface area (Å²) in [6, 6.07) is 9.31. The first kappa shape index (κ1) is 11.8. The molecule has 2 rings (SSSR count). The maximum atomic E-state index is 3.41. The summed E-state index contributed by atoms with van der Waals surface area (Å²) in [5.41, 5.74) is 0. The first-order valence-corrected chi connectivity index (χ1v) is 7.31. The van der Waals surface area contributed by atoms with Gasteiger partial charge in [-0.2, -0.15) is 0 Å². The molecule has 0 spiro atoms. The second-order valence-electron chi connectivity index (χ2n) is 3.78. The van der Waals surface area contributed by atoms with Crippen molar-refractivity contribution in [2.24, 2.45) is 0 Å².